The van der Waals surface area contributed by atoms with Crippen LogP contribution in [0.1, 0.15) is 34.3 Å². The lowest BCUT2D eigenvalue weighted by molar-refractivity contribution is 0.0551. The van der Waals surface area contributed by atoms with Gasteiger partial charge in [-0.15, -0.1) is 0 Å². The van der Waals surface area contributed by atoms with Crippen molar-refractivity contribution < 1.29 is 4.79 Å². The van der Waals surface area contributed by atoms with Crippen molar-refractivity contribution in [1.29, 1.82) is 0 Å². The number of hydrogen-bond donors (Lipinski definition) is 0. The van der Waals surface area contributed by atoms with Crippen molar-refractivity contribution in [3.63, 3.8) is 0 Å². The zero-order chi connectivity index (χ0) is 18.9. The van der Waals surface area contributed by atoms with Crippen molar-refractivity contribution in [1.82, 2.24) is 9.80 Å². The average molecular weight is 370 g/mol. The first-order chi connectivity index (χ1) is 13.8. The first kappa shape index (κ1) is 17.4. The fourth-order valence-electron chi connectivity index (χ4n) is 4.85. The molecule has 0 spiro atoms. The van der Waals surface area contributed by atoms with E-state index in [1.807, 2.05) is 24.3 Å². The molecule has 0 bridgehead atoms. The Morgan fingerprint density at radius 1 is 0.857 bits per heavy atom. The molecule has 0 radical (unpaired) electrons. The molecule has 2 aliphatic heterocycles. The highest BCUT2D eigenvalue weighted by Crippen LogP contribution is 2.26. The van der Waals surface area contributed by atoms with Gasteiger partial charge in [0.15, 0.2) is 0 Å². The van der Waals surface area contributed by atoms with Gasteiger partial charge in [-0.25, -0.2) is 0 Å². The summed E-state index contributed by atoms with van der Waals surface area (Å²) in [6, 6.07) is 23.5. The maximum absolute atomic E-state index is 13.3. The highest BCUT2D eigenvalue weighted by Gasteiger charge is 2.30. The standard InChI is InChI=1S/C25H26N2O/c28-25(24-13-5-10-20-8-3-4-12-23(20)24)27-15-6-11-22(18-27)26-16-14-19-7-1-2-9-21(19)17-26/h1-5,7-10,12-13,22H,6,11,14-18H2/t22-/m0/s1. The number of hydrogen-bond acceptors (Lipinski definition) is 2. The van der Waals surface area contributed by atoms with Gasteiger partial charge in [0.05, 0.1) is 0 Å². The Labute approximate surface area is 166 Å². The monoisotopic (exact) mass is 370 g/mol. The Kier molecular flexibility index (Phi) is 4.61. The topological polar surface area (TPSA) is 23.6 Å². The summed E-state index contributed by atoms with van der Waals surface area (Å²) in [5.74, 6) is 0.180. The summed E-state index contributed by atoms with van der Waals surface area (Å²) in [6.07, 6.45) is 3.38. The summed E-state index contributed by atoms with van der Waals surface area (Å²) in [6.45, 7) is 3.81. The van der Waals surface area contributed by atoms with Crippen molar-refractivity contribution in [2.75, 3.05) is 19.6 Å². The summed E-state index contributed by atoms with van der Waals surface area (Å²) in [4.78, 5) is 18.0. The summed E-state index contributed by atoms with van der Waals surface area (Å²) >= 11 is 0. The molecule has 0 unspecified atom stereocenters. The molecule has 28 heavy (non-hydrogen) atoms. The number of amides is 1. The van der Waals surface area contributed by atoms with E-state index in [-0.39, 0.29) is 5.91 Å². The van der Waals surface area contributed by atoms with E-state index in [1.54, 1.807) is 0 Å². The Morgan fingerprint density at radius 2 is 1.64 bits per heavy atom. The molecule has 3 heteroatoms. The Morgan fingerprint density at radius 3 is 2.57 bits per heavy atom. The highest BCUT2D eigenvalue weighted by atomic mass is 16.2. The molecular weight excluding hydrogens is 344 g/mol. The molecule has 142 valence electrons. The normalized spacial score (nSPS) is 20.1. The van der Waals surface area contributed by atoms with Crippen LogP contribution in [0, 0.1) is 0 Å². The van der Waals surface area contributed by atoms with Gasteiger partial charge in [-0.3, -0.25) is 9.69 Å². The summed E-state index contributed by atoms with van der Waals surface area (Å²) < 4.78 is 0. The van der Waals surface area contributed by atoms with Crippen molar-refractivity contribution in [3.8, 4) is 0 Å². The molecule has 0 aliphatic carbocycles. The third-order valence-corrected chi connectivity index (χ3v) is 6.38. The predicted molar refractivity (Wildman–Crippen MR) is 113 cm³/mol. The Balaban J connectivity index is 1.35. The van der Waals surface area contributed by atoms with E-state index in [9.17, 15) is 4.79 Å². The number of likely N-dealkylation sites (tertiary alicyclic amines) is 1. The van der Waals surface area contributed by atoms with Crippen molar-refractivity contribution in [2.45, 2.75) is 31.8 Å². The quantitative estimate of drug-likeness (QED) is 0.663. The van der Waals surface area contributed by atoms with Gasteiger partial charge in [0.25, 0.3) is 5.91 Å². The van der Waals surface area contributed by atoms with Crippen LogP contribution in [0.3, 0.4) is 0 Å². The second-order valence-electron chi connectivity index (χ2n) is 8.06. The SMILES string of the molecule is O=C(c1cccc2ccccc12)N1CCC[C@H](N2CCc3ccccc3C2)C1. The molecule has 1 saturated heterocycles. The van der Waals surface area contributed by atoms with E-state index in [2.05, 4.69) is 52.3 Å². The number of piperidine rings is 1. The molecule has 0 aromatic heterocycles. The molecule has 0 saturated carbocycles. The molecule has 1 atom stereocenters. The smallest absolute Gasteiger partial charge is 0.254 e. The molecule has 3 nitrogen and oxygen atoms in total. The van der Waals surface area contributed by atoms with Gasteiger partial charge in [0.2, 0.25) is 0 Å². The van der Waals surface area contributed by atoms with E-state index in [4.69, 9.17) is 0 Å². The largest absolute Gasteiger partial charge is 0.337 e. The maximum atomic E-state index is 13.3. The van der Waals surface area contributed by atoms with Gasteiger partial charge in [-0.1, -0.05) is 60.7 Å². The zero-order valence-electron chi connectivity index (χ0n) is 16.2. The number of benzene rings is 3. The number of nitrogens with zero attached hydrogens (tertiary/aromatic N) is 2. The van der Waals surface area contributed by atoms with E-state index >= 15 is 0 Å². The molecule has 2 aliphatic rings. The molecule has 5 rings (SSSR count). The third kappa shape index (κ3) is 3.20. The second-order valence-corrected chi connectivity index (χ2v) is 8.06. The number of carbonyl (C=O) groups is 1. The molecule has 3 aromatic rings. The third-order valence-electron chi connectivity index (χ3n) is 6.38. The van der Waals surface area contributed by atoms with Gasteiger partial charge in [-0.05, 0) is 47.2 Å². The summed E-state index contributed by atoms with van der Waals surface area (Å²) in [5, 5.41) is 2.19. The van der Waals surface area contributed by atoms with Crippen LogP contribution in [0.2, 0.25) is 0 Å². The number of fused-ring (bicyclic) bond motifs is 2. The van der Waals surface area contributed by atoms with Crippen LogP contribution >= 0.6 is 0 Å². The molecule has 1 fully saturated rings. The number of rotatable bonds is 2. The lowest BCUT2D eigenvalue weighted by Gasteiger charge is -2.41. The van der Waals surface area contributed by atoms with Crippen LogP contribution in [0.5, 0.6) is 0 Å². The molecule has 0 N–H and O–H groups in total. The summed E-state index contributed by atoms with van der Waals surface area (Å²) in [7, 11) is 0. The van der Waals surface area contributed by atoms with Crippen molar-refractivity contribution in [2.24, 2.45) is 0 Å². The van der Waals surface area contributed by atoms with Crippen LogP contribution in [0.15, 0.2) is 66.7 Å². The molecular formula is C25H26N2O. The Hall–Kier alpha value is -2.65. The van der Waals surface area contributed by atoms with Crippen LogP contribution in [-0.4, -0.2) is 41.4 Å². The van der Waals surface area contributed by atoms with E-state index in [1.165, 1.54) is 17.5 Å². The first-order valence-electron chi connectivity index (χ1n) is 10.4. The minimum Gasteiger partial charge on any atom is -0.337 e. The van der Waals surface area contributed by atoms with Gasteiger partial charge < -0.3 is 4.90 Å². The van der Waals surface area contributed by atoms with Crippen LogP contribution < -0.4 is 0 Å². The second kappa shape index (κ2) is 7.40. The molecule has 2 heterocycles. The van der Waals surface area contributed by atoms with Gasteiger partial charge in [0, 0.05) is 37.8 Å². The highest BCUT2D eigenvalue weighted by molar-refractivity contribution is 6.07. The minimum absolute atomic E-state index is 0.180. The van der Waals surface area contributed by atoms with E-state index < -0.39 is 0 Å². The Bertz CT molecular complexity index is 1010. The predicted octanol–water partition coefficient (Wildman–Crippen LogP) is 4.50. The van der Waals surface area contributed by atoms with E-state index in [0.29, 0.717) is 6.04 Å². The average Bonchev–Trinajstić information content (AvgIpc) is 2.78. The zero-order valence-corrected chi connectivity index (χ0v) is 16.2. The fourth-order valence-corrected chi connectivity index (χ4v) is 4.85. The molecule has 3 aromatic carbocycles. The number of carbonyl (C=O) groups excluding carboxylic acids is 1. The van der Waals surface area contributed by atoms with Crippen LogP contribution in [0.25, 0.3) is 10.8 Å². The van der Waals surface area contributed by atoms with E-state index in [0.717, 1.165) is 55.4 Å². The lowest BCUT2D eigenvalue weighted by atomic mass is 9.95. The van der Waals surface area contributed by atoms with Gasteiger partial charge in [0.1, 0.15) is 0 Å². The van der Waals surface area contributed by atoms with Gasteiger partial charge >= 0.3 is 0 Å². The molecule has 1 amide bonds. The minimum atomic E-state index is 0.180. The fraction of sp³-hybridized carbons (Fsp3) is 0.320. The van der Waals surface area contributed by atoms with Crippen molar-refractivity contribution >= 4 is 16.7 Å². The van der Waals surface area contributed by atoms with Crippen LogP contribution in [0.4, 0.5) is 0 Å². The lowest BCUT2D eigenvalue weighted by Crippen LogP contribution is -2.51. The first-order valence-corrected chi connectivity index (χ1v) is 10.4. The van der Waals surface area contributed by atoms with Crippen molar-refractivity contribution in [3.05, 3.63) is 83.4 Å². The van der Waals surface area contributed by atoms with Gasteiger partial charge in [-0.2, -0.15) is 0 Å². The van der Waals surface area contributed by atoms with Crippen LogP contribution in [-0.2, 0) is 13.0 Å². The maximum Gasteiger partial charge on any atom is 0.254 e. The summed E-state index contributed by atoms with van der Waals surface area (Å²) in [5.41, 5.74) is 3.77.